The molecule has 0 atom stereocenters. The largest absolute Gasteiger partial charge is 0 e. The summed E-state index contributed by atoms with van der Waals surface area (Å²) in [5.41, 5.74) is 0. The molecule has 1 N–H and O–H groups in total. The monoisotopic (exact) mass is 848 g/mol. The Balaban J connectivity index is -0.0000000170. The second-order valence-corrected chi connectivity index (χ2v) is 2.95. The number of alkyl carbamates (subject to hydrolysis) is 1. The van der Waals surface area contributed by atoms with Crippen molar-refractivity contribution in [1.29, 1.82) is 0 Å². The van der Waals surface area contributed by atoms with Crippen LogP contribution in [0.5, 0.6) is 0 Å². The molecule has 0 heterocycles. The predicted octanol–water partition coefficient (Wildman–Crippen LogP) is 0.125. The van der Waals surface area contributed by atoms with Gasteiger partial charge in [-0.2, -0.15) is 0 Å². The van der Waals surface area contributed by atoms with E-state index in [1.807, 2.05) is 0 Å². The summed E-state index contributed by atoms with van der Waals surface area (Å²) in [7, 11) is 0. The van der Waals surface area contributed by atoms with Gasteiger partial charge in [0.1, 0.15) is 0 Å². The fourth-order valence-electron chi connectivity index (χ4n) is 0.365. The minimum Gasteiger partial charge on any atom is 0 e. The number of nitrogens with zero attached hydrogens (tertiary/aromatic N) is 1. The molecule has 32 heavy (non-hydrogen) atoms. The van der Waals surface area contributed by atoms with Crippen LogP contribution < -0.4 is 5.32 Å². The smallest absolute Gasteiger partial charge is 0 e. The van der Waals surface area contributed by atoms with Gasteiger partial charge in [-0.25, -0.2) is 4.79 Å². The van der Waals surface area contributed by atoms with Crippen molar-refractivity contribution >= 4 is 53.1 Å². The van der Waals surface area contributed by atoms with E-state index in [4.69, 9.17) is 41.9 Å². The van der Waals surface area contributed by atoms with Crippen molar-refractivity contribution < 1.29 is 92.2 Å². The molecule has 1 amide bonds. The number of carbonyl (C=O) groups is 1. The zero-order valence-corrected chi connectivity index (χ0v) is 23.0. The third-order valence-corrected chi connectivity index (χ3v) is 1.05. The first kappa shape index (κ1) is 77.6. The molecule has 0 aromatic rings. The normalized spacial score (nSPS) is 4.53. The van der Waals surface area contributed by atoms with Gasteiger partial charge in [-0.15, -0.1) is 0 Å². The Hall–Kier alpha value is -1.55. The van der Waals surface area contributed by atoms with Gasteiger partial charge < -0.3 is 42.2 Å². The minimum absolute atomic E-state index is 0. The Bertz CT molecular complexity index is 482. The molecule has 13 nitrogen and oxygen atoms in total. The first-order valence-corrected chi connectivity index (χ1v) is 6.03. The summed E-state index contributed by atoms with van der Waals surface area (Å²) in [6, 6.07) is 0. The summed E-state index contributed by atoms with van der Waals surface area (Å²) < 4.78 is 72.0. The minimum atomic E-state index is -0.655. The molecule has 0 unspecified atom stereocenters. The van der Waals surface area contributed by atoms with Crippen LogP contribution in [0.1, 0.15) is 6.92 Å². The van der Waals surface area contributed by atoms with E-state index in [2.05, 4.69) is 112 Å². The summed E-state index contributed by atoms with van der Waals surface area (Å²) in [4.78, 5) is 14.1. The first-order valence-electron chi connectivity index (χ1n) is 4.80. The Labute approximate surface area is 227 Å². The quantitative estimate of drug-likeness (QED) is 0.0966. The van der Waals surface area contributed by atoms with E-state index in [1.54, 1.807) is 6.92 Å². The average molecular weight is 847 g/mol. The number of hydrogen-bond acceptors (Lipinski definition) is 5. The van der Waals surface area contributed by atoms with E-state index in [0.29, 0.717) is 0 Å². The van der Waals surface area contributed by atoms with E-state index in [1.165, 1.54) is 0 Å². The number of nitrogens with one attached hydrogen (secondary N) is 1. The molecular weight excluding hydrogens is 841 g/mol. The van der Waals surface area contributed by atoms with Gasteiger partial charge in [-0.05, 0) is 16.4 Å². The van der Waals surface area contributed by atoms with Crippen molar-refractivity contribution in [2.24, 2.45) is 4.99 Å². The van der Waals surface area contributed by atoms with Crippen LogP contribution in [0.3, 0.4) is 0 Å². The molecule has 18 heteroatoms. The molecule has 0 saturated heterocycles. The van der Waals surface area contributed by atoms with E-state index >= 15 is 0 Å². The maximum atomic E-state index is 10.7. The van der Waals surface area contributed by atoms with Crippen molar-refractivity contribution in [1.82, 2.24) is 5.32 Å². The molecule has 0 aliphatic carbocycles. The molecule has 0 aromatic heterocycles. The van der Waals surface area contributed by atoms with Crippen LogP contribution in [-0.4, -0.2) is 22.2 Å². The van der Waals surface area contributed by atoms with Crippen LogP contribution in [-0.2, 0) is 113 Å². The van der Waals surface area contributed by atoms with Gasteiger partial charge in [0.25, 0.3) is 0 Å². The number of aliphatic imine (C=N–C) groups is 1. The molecule has 0 aromatic carbocycles. The third-order valence-electron chi connectivity index (χ3n) is 0.677. The topological polar surface area (TPSA) is 230 Å². The molecule has 0 saturated carbocycles. The summed E-state index contributed by atoms with van der Waals surface area (Å²) in [6.45, 7) is 42.4. The van der Waals surface area contributed by atoms with Crippen LogP contribution in [0.15, 0.2) is 4.99 Å². The Morgan fingerprint density at radius 1 is 0.750 bits per heavy atom. The molecule has 0 aliphatic rings. The molecule has 0 aliphatic heterocycles. The maximum Gasteiger partial charge on any atom is 0 e. The fourth-order valence-corrected chi connectivity index (χ4v) is 0.838. The van der Waals surface area contributed by atoms with Crippen molar-refractivity contribution in [3.63, 3.8) is 0 Å². The summed E-state index contributed by atoms with van der Waals surface area (Å²) >= 11 is 13.5. The molecule has 2 radical (unpaired) electrons. The van der Waals surface area contributed by atoms with Crippen LogP contribution >= 0.6 is 12.2 Å². The number of amidine groups is 1. The van der Waals surface area contributed by atoms with Gasteiger partial charge >= 0.3 is 108 Å². The molecular formula is C14H6N2O11Re2S3-2. The number of rotatable bonds is 1. The summed E-state index contributed by atoms with van der Waals surface area (Å²) in [5.74, 6) is 0. The second kappa shape index (κ2) is 182. The molecule has 0 bridgehead atoms. The van der Waals surface area contributed by atoms with Crippen molar-refractivity contribution in [2.45, 2.75) is 6.92 Å². The van der Waals surface area contributed by atoms with Crippen LogP contribution in [0.25, 0.3) is 0 Å². The SMILES string of the molecule is CCOC(=O)N/C([S-])=N\C(=S)[S-].[C-]#[O+].[C-]#[O+].[C-]#[O+].[C-]#[O+].[C-]#[O+].[C-]#[O+].[C-]#[O+].[C-]#[O+].[C-]#[O+].[Re].[Re]. The first-order chi connectivity index (χ1) is 14.6. The van der Waals surface area contributed by atoms with Crippen LogP contribution in [0.2, 0.25) is 0 Å². The average Bonchev–Trinajstić information content (AvgIpc) is 2.85. The number of thiocarbonyl (C=S) groups is 1. The zero-order chi connectivity index (χ0) is 27.6. The second-order valence-electron chi connectivity index (χ2n) is 1.53. The Morgan fingerprint density at radius 3 is 1.12 bits per heavy atom. The fraction of sp³-hybridized carbons (Fsp3) is 0.143. The van der Waals surface area contributed by atoms with Gasteiger partial charge in [-0.1, -0.05) is 0 Å². The molecule has 172 valence electrons. The van der Waals surface area contributed by atoms with Gasteiger partial charge in [0, 0.05) is 40.8 Å². The molecule has 0 fully saturated rings. The Morgan fingerprint density at radius 2 is 0.969 bits per heavy atom. The van der Waals surface area contributed by atoms with E-state index in [0.717, 1.165) is 0 Å². The van der Waals surface area contributed by atoms with E-state index < -0.39 is 6.09 Å². The van der Waals surface area contributed by atoms with Crippen molar-refractivity contribution in [3.05, 3.63) is 59.9 Å². The predicted molar refractivity (Wildman–Crippen MR) is 90.3 cm³/mol. The van der Waals surface area contributed by atoms with Crippen LogP contribution in [0.4, 0.5) is 4.79 Å². The molecule has 0 rings (SSSR count). The van der Waals surface area contributed by atoms with Gasteiger partial charge in [-0.3, -0.25) is 10.3 Å². The van der Waals surface area contributed by atoms with Gasteiger partial charge in [0.2, 0.25) is 0 Å². The van der Waals surface area contributed by atoms with Gasteiger partial charge in [0.05, 0.1) is 6.61 Å². The summed E-state index contributed by atoms with van der Waals surface area (Å²) in [5, 5.41) is 2.09. The zero-order valence-electron chi connectivity index (χ0n) is 15.1. The van der Waals surface area contributed by atoms with Crippen LogP contribution in [0, 0.1) is 59.9 Å². The van der Waals surface area contributed by atoms with E-state index in [-0.39, 0.29) is 56.9 Å². The number of hydrogen-bond donors (Lipinski definition) is 1. The number of carbonyl (C=O) groups excluding carboxylic acids is 1. The Kier molecular flexibility index (Phi) is 441. The maximum absolute atomic E-state index is 10.7. The van der Waals surface area contributed by atoms with Crippen molar-refractivity contribution in [3.8, 4) is 0 Å². The van der Waals surface area contributed by atoms with Gasteiger partial charge in [0.15, 0.2) is 0 Å². The number of ether oxygens (including phenoxy) is 1. The standard InChI is InChI=1S/C5H8N2O2S3.9CO.2Re/c1-2-9-4(8)6-3(10)7-5(11)12;9*1-2;;/h2H2,1H3,(H3,6,7,8,10,11,12);;;;;;;;;;;/p-2. The summed E-state index contributed by atoms with van der Waals surface area (Å²) in [6.07, 6.45) is -0.655. The molecule has 0 spiro atoms. The number of amides is 1. The third kappa shape index (κ3) is 240. The van der Waals surface area contributed by atoms with E-state index in [9.17, 15) is 4.79 Å². The van der Waals surface area contributed by atoms with Crippen molar-refractivity contribution in [2.75, 3.05) is 6.61 Å².